The lowest BCUT2D eigenvalue weighted by Crippen LogP contribution is -2.41. The zero-order valence-electron chi connectivity index (χ0n) is 7.55. The molecule has 0 radical (unpaired) electrons. The molecular formula is C8H18N2O. The standard InChI is InChI=1S/C8H18N2O/c1-4-10-8(11)7(9)5-6(2)3/h6-7H,4-5,9H2,1-3H3,(H,10,11). The molecule has 1 unspecified atom stereocenters. The van der Waals surface area contributed by atoms with Crippen LogP contribution in [0, 0.1) is 5.92 Å². The third kappa shape index (κ3) is 4.79. The summed E-state index contributed by atoms with van der Waals surface area (Å²) in [6.45, 7) is 6.66. The van der Waals surface area contributed by atoms with E-state index in [2.05, 4.69) is 19.2 Å². The number of rotatable bonds is 4. The van der Waals surface area contributed by atoms with Crippen molar-refractivity contribution in [3.05, 3.63) is 0 Å². The fourth-order valence-corrected chi connectivity index (χ4v) is 0.920. The Labute approximate surface area is 68.3 Å². The van der Waals surface area contributed by atoms with E-state index in [4.69, 9.17) is 5.73 Å². The summed E-state index contributed by atoms with van der Waals surface area (Å²) in [5, 5.41) is 2.69. The lowest BCUT2D eigenvalue weighted by molar-refractivity contribution is -0.122. The summed E-state index contributed by atoms with van der Waals surface area (Å²) in [4.78, 5) is 11.0. The Morgan fingerprint density at radius 2 is 2.09 bits per heavy atom. The lowest BCUT2D eigenvalue weighted by atomic mass is 10.0. The van der Waals surface area contributed by atoms with Gasteiger partial charge in [-0.2, -0.15) is 0 Å². The predicted octanol–water partition coefficient (Wildman–Crippen LogP) is 0.496. The van der Waals surface area contributed by atoms with Crippen LogP contribution in [0.3, 0.4) is 0 Å². The van der Waals surface area contributed by atoms with Crippen molar-refractivity contribution in [1.29, 1.82) is 0 Å². The Morgan fingerprint density at radius 1 is 1.55 bits per heavy atom. The van der Waals surface area contributed by atoms with Crippen molar-refractivity contribution in [1.82, 2.24) is 5.32 Å². The molecule has 1 atom stereocenters. The van der Waals surface area contributed by atoms with Crippen molar-refractivity contribution in [2.45, 2.75) is 33.2 Å². The molecule has 0 spiro atoms. The number of likely N-dealkylation sites (N-methyl/N-ethyl adjacent to an activating group) is 1. The molecule has 0 aromatic carbocycles. The smallest absolute Gasteiger partial charge is 0.236 e. The average molecular weight is 158 g/mol. The van der Waals surface area contributed by atoms with Crippen LogP contribution in [0.5, 0.6) is 0 Å². The van der Waals surface area contributed by atoms with Gasteiger partial charge in [0.2, 0.25) is 5.91 Å². The highest BCUT2D eigenvalue weighted by Crippen LogP contribution is 2.01. The summed E-state index contributed by atoms with van der Waals surface area (Å²) < 4.78 is 0. The molecule has 0 aliphatic heterocycles. The second kappa shape index (κ2) is 5.13. The average Bonchev–Trinajstić information content (AvgIpc) is 1.86. The van der Waals surface area contributed by atoms with Crippen molar-refractivity contribution in [3.63, 3.8) is 0 Å². The van der Waals surface area contributed by atoms with Gasteiger partial charge in [-0.05, 0) is 19.3 Å². The Balaban J connectivity index is 3.64. The molecule has 0 aromatic rings. The minimum absolute atomic E-state index is 0.0406. The van der Waals surface area contributed by atoms with Gasteiger partial charge in [0.05, 0.1) is 6.04 Å². The van der Waals surface area contributed by atoms with Gasteiger partial charge < -0.3 is 11.1 Å². The highest BCUT2D eigenvalue weighted by Gasteiger charge is 2.12. The molecule has 0 aliphatic carbocycles. The molecule has 0 bridgehead atoms. The molecule has 0 heterocycles. The molecule has 1 amide bonds. The summed E-state index contributed by atoms with van der Waals surface area (Å²) in [5.74, 6) is 0.439. The normalized spacial score (nSPS) is 13.2. The summed E-state index contributed by atoms with van der Waals surface area (Å²) in [5.41, 5.74) is 5.59. The van der Waals surface area contributed by atoms with Gasteiger partial charge in [0.25, 0.3) is 0 Å². The number of nitrogens with two attached hydrogens (primary N) is 1. The van der Waals surface area contributed by atoms with Crippen molar-refractivity contribution in [2.75, 3.05) is 6.54 Å². The first-order valence-electron chi connectivity index (χ1n) is 4.11. The van der Waals surface area contributed by atoms with E-state index in [1.54, 1.807) is 0 Å². The Hall–Kier alpha value is -0.570. The van der Waals surface area contributed by atoms with E-state index in [1.165, 1.54) is 0 Å². The number of carbonyl (C=O) groups is 1. The Bertz CT molecular complexity index is 123. The van der Waals surface area contributed by atoms with Gasteiger partial charge in [0, 0.05) is 6.54 Å². The predicted molar refractivity (Wildman–Crippen MR) is 46.1 cm³/mol. The van der Waals surface area contributed by atoms with Gasteiger partial charge in [0.15, 0.2) is 0 Å². The van der Waals surface area contributed by atoms with Crippen molar-refractivity contribution in [2.24, 2.45) is 11.7 Å². The minimum Gasteiger partial charge on any atom is -0.355 e. The number of carbonyl (C=O) groups excluding carboxylic acids is 1. The summed E-state index contributed by atoms with van der Waals surface area (Å²) in [7, 11) is 0. The Kier molecular flexibility index (Phi) is 4.86. The molecule has 0 saturated carbocycles. The van der Waals surface area contributed by atoms with Crippen LogP contribution in [0.1, 0.15) is 27.2 Å². The molecule has 0 fully saturated rings. The summed E-state index contributed by atoms with van der Waals surface area (Å²) >= 11 is 0. The first-order valence-corrected chi connectivity index (χ1v) is 4.11. The number of amides is 1. The molecule has 11 heavy (non-hydrogen) atoms. The van der Waals surface area contributed by atoms with E-state index in [9.17, 15) is 4.79 Å². The second-order valence-electron chi connectivity index (χ2n) is 3.13. The molecule has 0 aromatic heterocycles. The van der Waals surface area contributed by atoms with Gasteiger partial charge in [-0.25, -0.2) is 0 Å². The highest BCUT2D eigenvalue weighted by molar-refractivity contribution is 5.81. The first-order chi connectivity index (χ1) is 5.07. The molecule has 0 rings (SSSR count). The summed E-state index contributed by atoms with van der Waals surface area (Å²) in [6.07, 6.45) is 0.756. The van der Waals surface area contributed by atoms with Crippen LogP contribution >= 0.6 is 0 Å². The maximum absolute atomic E-state index is 11.0. The van der Waals surface area contributed by atoms with E-state index in [0.29, 0.717) is 12.5 Å². The molecule has 0 saturated heterocycles. The SMILES string of the molecule is CCNC(=O)C(N)CC(C)C. The zero-order valence-corrected chi connectivity index (χ0v) is 7.55. The van der Waals surface area contributed by atoms with Crippen LogP contribution in [0.2, 0.25) is 0 Å². The van der Waals surface area contributed by atoms with Crippen LogP contribution in [-0.4, -0.2) is 18.5 Å². The van der Waals surface area contributed by atoms with E-state index in [0.717, 1.165) is 6.42 Å². The highest BCUT2D eigenvalue weighted by atomic mass is 16.2. The lowest BCUT2D eigenvalue weighted by Gasteiger charge is -2.12. The van der Waals surface area contributed by atoms with Gasteiger partial charge in [0.1, 0.15) is 0 Å². The van der Waals surface area contributed by atoms with Crippen LogP contribution in [0.4, 0.5) is 0 Å². The largest absolute Gasteiger partial charge is 0.355 e. The number of hydrogen-bond acceptors (Lipinski definition) is 2. The van der Waals surface area contributed by atoms with E-state index in [1.807, 2.05) is 6.92 Å². The third-order valence-corrected chi connectivity index (χ3v) is 1.41. The number of hydrogen-bond donors (Lipinski definition) is 2. The van der Waals surface area contributed by atoms with E-state index >= 15 is 0 Å². The maximum Gasteiger partial charge on any atom is 0.236 e. The molecular weight excluding hydrogens is 140 g/mol. The van der Waals surface area contributed by atoms with Gasteiger partial charge in [-0.1, -0.05) is 13.8 Å². The third-order valence-electron chi connectivity index (χ3n) is 1.41. The van der Waals surface area contributed by atoms with Crippen molar-refractivity contribution < 1.29 is 4.79 Å². The monoisotopic (exact) mass is 158 g/mol. The van der Waals surface area contributed by atoms with Crippen LogP contribution in [0.15, 0.2) is 0 Å². The molecule has 3 N–H and O–H groups in total. The molecule has 3 heteroatoms. The topological polar surface area (TPSA) is 55.1 Å². The fraction of sp³-hybridized carbons (Fsp3) is 0.875. The van der Waals surface area contributed by atoms with Gasteiger partial charge >= 0.3 is 0 Å². The first kappa shape index (κ1) is 10.4. The van der Waals surface area contributed by atoms with Gasteiger partial charge in [-0.15, -0.1) is 0 Å². The fourth-order valence-electron chi connectivity index (χ4n) is 0.920. The zero-order chi connectivity index (χ0) is 8.85. The number of nitrogens with one attached hydrogen (secondary N) is 1. The quantitative estimate of drug-likeness (QED) is 0.626. The van der Waals surface area contributed by atoms with Gasteiger partial charge in [-0.3, -0.25) is 4.79 Å². The van der Waals surface area contributed by atoms with E-state index in [-0.39, 0.29) is 11.9 Å². The van der Waals surface area contributed by atoms with Crippen LogP contribution < -0.4 is 11.1 Å². The molecule has 3 nitrogen and oxygen atoms in total. The Morgan fingerprint density at radius 3 is 2.45 bits per heavy atom. The minimum atomic E-state index is -0.338. The van der Waals surface area contributed by atoms with Crippen molar-refractivity contribution in [3.8, 4) is 0 Å². The van der Waals surface area contributed by atoms with Crippen molar-refractivity contribution >= 4 is 5.91 Å². The maximum atomic E-state index is 11.0. The molecule has 0 aliphatic rings. The van der Waals surface area contributed by atoms with E-state index < -0.39 is 0 Å². The molecule has 66 valence electrons. The van der Waals surface area contributed by atoms with Crippen LogP contribution in [0.25, 0.3) is 0 Å². The summed E-state index contributed by atoms with van der Waals surface area (Å²) in [6, 6.07) is -0.338. The van der Waals surface area contributed by atoms with Crippen LogP contribution in [-0.2, 0) is 4.79 Å². The second-order valence-corrected chi connectivity index (χ2v) is 3.13.